The molecule has 3 rings (SSSR count). The normalized spacial score (nSPS) is 13.3. The highest BCUT2D eigenvalue weighted by atomic mass is 16.5. The summed E-state index contributed by atoms with van der Waals surface area (Å²) in [6.45, 7) is 2.80. The van der Waals surface area contributed by atoms with Crippen LogP contribution in [-0.4, -0.2) is 42.1 Å². The van der Waals surface area contributed by atoms with E-state index in [0.29, 0.717) is 31.0 Å². The fourth-order valence-corrected chi connectivity index (χ4v) is 3.23. The zero-order valence-electron chi connectivity index (χ0n) is 16.0. The summed E-state index contributed by atoms with van der Waals surface area (Å²) in [5.74, 6) is -0.0397. The van der Waals surface area contributed by atoms with Crippen LogP contribution in [0.4, 0.5) is 0 Å². The van der Waals surface area contributed by atoms with E-state index in [1.165, 1.54) is 0 Å². The smallest absolute Gasteiger partial charge is 0.335 e. The highest BCUT2D eigenvalue weighted by Crippen LogP contribution is 2.29. The molecule has 6 heteroatoms. The standard InChI is InChI=1S/C22H23NO5/c1-3-4-15-5-8-19(20(11-15)27-2)28-14-21(24)23-10-9-16-6-7-17(22(25)26)12-18(16)13-23/h3-8,11-12H,9-10,13-14H2,1-2H3,(H,25,26)/b4-3+. The molecule has 1 N–H and O–H groups in total. The molecule has 146 valence electrons. The van der Waals surface area contributed by atoms with E-state index in [0.717, 1.165) is 16.7 Å². The van der Waals surface area contributed by atoms with Crippen LogP contribution in [0.3, 0.4) is 0 Å². The number of allylic oxidation sites excluding steroid dienone is 1. The summed E-state index contributed by atoms with van der Waals surface area (Å²) in [7, 11) is 1.56. The molecule has 0 radical (unpaired) electrons. The molecule has 2 aromatic rings. The lowest BCUT2D eigenvalue weighted by Gasteiger charge is -2.29. The molecular formula is C22H23NO5. The minimum absolute atomic E-state index is 0.104. The van der Waals surface area contributed by atoms with Crippen molar-refractivity contribution in [3.05, 3.63) is 64.7 Å². The van der Waals surface area contributed by atoms with Crippen LogP contribution < -0.4 is 9.47 Å². The van der Waals surface area contributed by atoms with Gasteiger partial charge in [-0.15, -0.1) is 0 Å². The van der Waals surface area contributed by atoms with Crippen LogP contribution in [0.25, 0.3) is 6.08 Å². The molecule has 0 unspecified atom stereocenters. The number of ether oxygens (including phenoxy) is 2. The van der Waals surface area contributed by atoms with Crippen molar-refractivity contribution in [2.45, 2.75) is 19.9 Å². The molecule has 0 aliphatic carbocycles. The summed E-state index contributed by atoms with van der Waals surface area (Å²) in [6.07, 6.45) is 4.58. The van der Waals surface area contributed by atoms with Crippen molar-refractivity contribution < 1.29 is 24.2 Å². The van der Waals surface area contributed by atoms with E-state index in [4.69, 9.17) is 14.6 Å². The summed E-state index contributed by atoms with van der Waals surface area (Å²) >= 11 is 0. The van der Waals surface area contributed by atoms with Gasteiger partial charge in [-0.25, -0.2) is 4.79 Å². The monoisotopic (exact) mass is 381 g/mol. The number of fused-ring (bicyclic) bond motifs is 1. The van der Waals surface area contributed by atoms with Crippen LogP contribution in [0, 0.1) is 0 Å². The first-order valence-corrected chi connectivity index (χ1v) is 9.08. The first kappa shape index (κ1) is 19.5. The van der Waals surface area contributed by atoms with Crippen LogP contribution >= 0.6 is 0 Å². The number of benzene rings is 2. The molecule has 0 fully saturated rings. The van der Waals surface area contributed by atoms with Gasteiger partial charge in [-0.05, 0) is 54.3 Å². The number of rotatable bonds is 6. The van der Waals surface area contributed by atoms with Gasteiger partial charge in [-0.2, -0.15) is 0 Å². The molecule has 0 atom stereocenters. The summed E-state index contributed by atoms with van der Waals surface area (Å²) in [5, 5.41) is 9.16. The molecule has 0 spiro atoms. The number of hydrogen-bond donors (Lipinski definition) is 1. The minimum Gasteiger partial charge on any atom is -0.493 e. The van der Waals surface area contributed by atoms with E-state index in [-0.39, 0.29) is 18.1 Å². The zero-order valence-corrected chi connectivity index (χ0v) is 16.0. The number of carbonyl (C=O) groups is 2. The van der Waals surface area contributed by atoms with Crippen LogP contribution in [0.2, 0.25) is 0 Å². The molecule has 0 aromatic heterocycles. The van der Waals surface area contributed by atoms with Crippen molar-refractivity contribution in [1.82, 2.24) is 4.90 Å². The molecule has 1 amide bonds. The number of aromatic carboxylic acids is 1. The van der Waals surface area contributed by atoms with Gasteiger partial charge < -0.3 is 19.5 Å². The average Bonchev–Trinajstić information content (AvgIpc) is 2.71. The molecule has 28 heavy (non-hydrogen) atoms. The summed E-state index contributed by atoms with van der Waals surface area (Å²) in [6, 6.07) is 10.6. The van der Waals surface area contributed by atoms with Gasteiger partial charge in [-0.1, -0.05) is 24.3 Å². The number of amides is 1. The van der Waals surface area contributed by atoms with Crippen molar-refractivity contribution in [3.63, 3.8) is 0 Å². The quantitative estimate of drug-likeness (QED) is 0.830. The van der Waals surface area contributed by atoms with Crippen LogP contribution in [0.15, 0.2) is 42.5 Å². The molecule has 0 bridgehead atoms. The number of nitrogens with zero attached hydrogens (tertiary/aromatic N) is 1. The Hall–Kier alpha value is -3.28. The third kappa shape index (κ3) is 4.34. The van der Waals surface area contributed by atoms with Crippen molar-refractivity contribution in [2.24, 2.45) is 0 Å². The van der Waals surface area contributed by atoms with Gasteiger partial charge in [-0.3, -0.25) is 4.79 Å². The predicted molar refractivity (Wildman–Crippen MR) is 106 cm³/mol. The Morgan fingerprint density at radius 1 is 1.14 bits per heavy atom. The Morgan fingerprint density at radius 3 is 2.68 bits per heavy atom. The molecule has 2 aromatic carbocycles. The number of hydrogen-bond acceptors (Lipinski definition) is 4. The van der Waals surface area contributed by atoms with E-state index in [1.54, 1.807) is 30.2 Å². The van der Waals surface area contributed by atoms with Crippen LogP contribution in [-0.2, 0) is 17.8 Å². The van der Waals surface area contributed by atoms with Gasteiger partial charge in [0.05, 0.1) is 12.7 Å². The fraction of sp³-hybridized carbons (Fsp3) is 0.273. The van der Waals surface area contributed by atoms with Crippen molar-refractivity contribution in [3.8, 4) is 11.5 Å². The summed E-state index contributed by atoms with van der Waals surface area (Å²) in [4.78, 5) is 25.5. The zero-order chi connectivity index (χ0) is 20.1. The van der Waals surface area contributed by atoms with Gasteiger partial charge in [0.2, 0.25) is 0 Å². The Bertz CT molecular complexity index is 919. The number of carboxylic acid groups (broad SMARTS) is 1. The van der Waals surface area contributed by atoms with Gasteiger partial charge in [0.1, 0.15) is 0 Å². The van der Waals surface area contributed by atoms with Gasteiger partial charge >= 0.3 is 5.97 Å². The Labute approximate surface area is 164 Å². The SMILES string of the molecule is C/C=C/c1ccc(OCC(=O)N2CCc3ccc(C(=O)O)cc3C2)c(OC)c1. The number of methoxy groups -OCH3 is 1. The first-order valence-electron chi connectivity index (χ1n) is 9.08. The van der Waals surface area contributed by atoms with E-state index in [2.05, 4.69) is 0 Å². The van der Waals surface area contributed by atoms with Crippen molar-refractivity contribution in [1.29, 1.82) is 0 Å². The lowest BCUT2D eigenvalue weighted by atomic mass is 9.97. The maximum absolute atomic E-state index is 12.6. The van der Waals surface area contributed by atoms with Gasteiger partial charge in [0.25, 0.3) is 5.91 Å². The largest absolute Gasteiger partial charge is 0.493 e. The maximum atomic E-state index is 12.6. The highest BCUT2D eigenvalue weighted by Gasteiger charge is 2.22. The average molecular weight is 381 g/mol. The van der Waals surface area contributed by atoms with Crippen LogP contribution in [0.1, 0.15) is 34.0 Å². The Kier molecular flexibility index (Phi) is 5.99. The number of carboxylic acids is 1. The topological polar surface area (TPSA) is 76.1 Å². The lowest BCUT2D eigenvalue weighted by molar-refractivity contribution is -0.134. The van der Waals surface area contributed by atoms with Gasteiger partial charge in [0.15, 0.2) is 18.1 Å². The van der Waals surface area contributed by atoms with Gasteiger partial charge in [0, 0.05) is 13.1 Å². The van der Waals surface area contributed by atoms with E-state index >= 15 is 0 Å². The molecule has 6 nitrogen and oxygen atoms in total. The minimum atomic E-state index is -0.969. The van der Waals surface area contributed by atoms with E-state index in [1.807, 2.05) is 37.3 Å². The van der Waals surface area contributed by atoms with E-state index < -0.39 is 5.97 Å². The van der Waals surface area contributed by atoms with Crippen LogP contribution in [0.5, 0.6) is 11.5 Å². The second kappa shape index (κ2) is 8.61. The molecule has 0 saturated heterocycles. The summed E-state index contributed by atoms with van der Waals surface area (Å²) in [5.41, 5.74) is 3.17. The fourth-order valence-electron chi connectivity index (χ4n) is 3.23. The predicted octanol–water partition coefficient (Wildman–Crippen LogP) is 3.39. The molecule has 1 aliphatic heterocycles. The highest BCUT2D eigenvalue weighted by molar-refractivity contribution is 5.88. The molecule has 1 heterocycles. The maximum Gasteiger partial charge on any atom is 0.335 e. The number of carbonyl (C=O) groups excluding carboxylic acids is 1. The second-order valence-electron chi connectivity index (χ2n) is 6.55. The van der Waals surface area contributed by atoms with Crippen molar-refractivity contribution >= 4 is 18.0 Å². The third-order valence-corrected chi connectivity index (χ3v) is 4.72. The van der Waals surface area contributed by atoms with Crippen molar-refractivity contribution in [2.75, 3.05) is 20.3 Å². The molecular weight excluding hydrogens is 358 g/mol. The third-order valence-electron chi connectivity index (χ3n) is 4.72. The molecule has 1 aliphatic rings. The lowest BCUT2D eigenvalue weighted by Crippen LogP contribution is -2.39. The van der Waals surface area contributed by atoms with E-state index in [9.17, 15) is 9.59 Å². The molecule has 0 saturated carbocycles. The Balaban J connectivity index is 1.66. The second-order valence-corrected chi connectivity index (χ2v) is 6.55. The summed E-state index contributed by atoms with van der Waals surface area (Å²) < 4.78 is 11.0. The Morgan fingerprint density at radius 2 is 1.96 bits per heavy atom. The first-order chi connectivity index (χ1) is 13.5.